The number of rotatable bonds is 19. The van der Waals surface area contributed by atoms with Crippen LogP contribution in [-0.4, -0.2) is 90.6 Å². The second kappa shape index (κ2) is 23.2. The average Bonchev–Trinajstić information content (AvgIpc) is 2.81. The molecule has 0 amide bonds. The molecule has 0 bridgehead atoms. The third-order valence-corrected chi connectivity index (χ3v) is 6.59. The van der Waals surface area contributed by atoms with Crippen LogP contribution in [0.4, 0.5) is 0 Å². The number of carboxylic acid groups (broad SMARTS) is 1. The highest BCUT2D eigenvalue weighted by molar-refractivity contribution is 7.85. The van der Waals surface area contributed by atoms with Gasteiger partial charge in [0.05, 0.1) is 12.4 Å². The molecule has 0 spiro atoms. The van der Waals surface area contributed by atoms with Gasteiger partial charge in [-0.15, -0.1) is 0 Å². The molecule has 1 fully saturated rings. The van der Waals surface area contributed by atoms with Crippen molar-refractivity contribution in [3.63, 3.8) is 0 Å². The zero-order valence-corrected chi connectivity index (χ0v) is 22.6. The third kappa shape index (κ3) is 25.6. The van der Waals surface area contributed by atoms with Crippen LogP contribution in [0.2, 0.25) is 0 Å². The molecule has 0 saturated carbocycles. The van der Waals surface area contributed by atoms with Crippen LogP contribution in [0.5, 0.6) is 0 Å². The van der Waals surface area contributed by atoms with Crippen molar-refractivity contribution in [2.24, 2.45) is 0 Å². The maximum absolute atomic E-state index is 10.5. The van der Waals surface area contributed by atoms with Gasteiger partial charge in [-0.25, -0.2) is 0 Å². The molecule has 1 aliphatic heterocycles. The van der Waals surface area contributed by atoms with E-state index in [0.717, 1.165) is 51.9 Å². The summed E-state index contributed by atoms with van der Waals surface area (Å²) in [7, 11) is -3.84. The molecule has 3 N–H and O–H groups in total. The lowest BCUT2D eigenvalue weighted by molar-refractivity contribution is -0.137. The van der Waals surface area contributed by atoms with Crippen molar-refractivity contribution < 1.29 is 28.0 Å². The summed E-state index contributed by atoms with van der Waals surface area (Å²) in [6.45, 7) is 6.70. The van der Waals surface area contributed by atoms with E-state index in [9.17, 15) is 13.2 Å². The number of unbranched alkanes of at least 4 members (excludes halogenated alkanes) is 8. The minimum absolute atomic E-state index is 0.158. The lowest BCUT2D eigenvalue weighted by Gasteiger charge is -2.33. The van der Waals surface area contributed by atoms with E-state index in [-0.39, 0.29) is 12.4 Å². The van der Waals surface area contributed by atoms with Gasteiger partial charge in [-0.1, -0.05) is 63.3 Å². The molecule has 0 radical (unpaired) electrons. The van der Waals surface area contributed by atoms with Gasteiger partial charge in [-0.2, -0.15) is 8.42 Å². The highest BCUT2D eigenvalue weighted by Gasteiger charge is 2.17. The Labute approximate surface area is 213 Å². The van der Waals surface area contributed by atoms with Gasteiger partial charge in [0, 0.05) is 45.7 Å². The summed E-state index contributed by atoms with van der Waals surface area (Å²) in [5.41, 5.74) is 0. The Morgan fingerprint density at radius 2 is 1.31 bits per heavy atom. The molecule has 8 nitrogen and oxygen atoms in total. The number of hydrogen-bond donors (Lipinski definition) is 3. The Morgan fingerprint density at radius 3 is 1.83 bits per heavy atom. The number of hydrogen-bond acceptors (Lipinski definition) is 6. The van der Waals surface area contributed by atoms with Crippen molar-refractivity contribution in [1.29, 1.82) is 0 Å². The Kier molecular flexibility index (Phi) is 22.3. The summed E-state index contributed by atoms with van der Waals surface area (Å²) in [6, 6.07) is 0. The number of aliphatic carboxylic acids is 1. The predicted octanol–water partition coefficient (Wildman–Crippen LogP) is 4.37. The normalized spacial score (nSPS) is 15.5. The molecule has 0 atom stereocenters. The first-order valence-corrected chi connectivity index (χ1v) is 14.9. The summed E-state index contributed by atoms with van der Waals surface area (Å²) in [5.74, 6) is -0.872. The molecule has 9 heteroatoms. The van der Waals surface area contributed by atoms with Gasteiger partial charge in [-0.05, 0) is 38.5 Å². The summed E-state index contributed by atoms with van der Waals surface area (Å²) < 4.78 is 29.6. The SMILES string of the molecule is CCCCC/C=C\C/C=C\CCCCCCCC(=O)O.O=S(=O)(O)CCN1CCN(CCO)CC1. The number of aliphatic hydroxyl groups is 1. The topological polar surface area (TPSA) is 118 Å². The molecule has 1 rings (SSSR count). The van der Waals surface area contributed by atoms with E-state index < -0.39 is 16.1 Å². The summed E-state index contributed by atoms with van der Waals surface area (Å²) >= 11 is 0. The largest absolute Gasteiger partial charge is 0.481 e. The maximum atomic E-state index is 10.5. The highest BCUT2D eigenvalue weighted by Crippen LogP contribution is 2.08. The van der Waals surface area contributed by atoms with Gasteiger partial charge in [0.2, 0.25) is 0 Å². The van der Waals surface area contributed by atoms with Crippen LogP contribution < -0.4 is 0 Å². The highest BCUT2D eigenvalue weighted by atomic mass is 32.2. The monoisotopic (exact) mass is 518 g/mol. The van der Waals surface area contributed by atoms with Crippen molar-refractivity contribution in [1.82, 2.24) is 9.80 Å². The molecule has 35 heavy (non-hydrogen) atoms. The molecule has 0 aromatic rings. The number of carbonyl (C=O) groups is 1. The fraction of sp³-hybridized carbons (Fsp3) is 0.808. The average molecular weight is 519 g/mol. The van der Waals surface area contributed by atoms with Gasteiger partial charge in [0.15, 0.2) is 0 Å². The zero-order chi connectivity index (χ0) is 26.2. The minimum atomic E-state index is -3.84. The number of carboxylic acids is 1. The van der Waals surface area contributed by atoms with Crippen LogP contribution >= 0.6 is 0 Å². The lowest BCUT2D eigenvalue weighted by Crippen LogP contribution is -2.48. The van der Waals surface area contributed by atoms with Crippen molar-refractivity contribution in [3.8, 4) is 0 Å². The van der Waals surface area contributed by atoms with E-state index in [1.807, 2.05) is 4.90 Å². The first-order valence-electron chi connectivity index (χ1n) is 13.3. The third-order valence-electron chi connectivity index (χ3n) is 5.89. The molecular formula is C26H50N2O6S. The zero-order valence-electron chi connectivity index (χ0n) is 21.8. The van der Waals surface area contributed by atoms with Crippen LogP contribution in [0.1, 0.15) is 84.0 Å². The Balaban J connectivity index is 0.000000686. The van der Waals surface area contributed by atoms with E-state index in [1.54, 1.807) is 0 Å². The van der Waals surface area contributed by atoms with Crippen LogP contribution in [0.15, 0.2) is 24.3 Å². The van der Waals surface area contributed by atoms with E-state index in [0.29, 0.717) is 19.5 Å². The Morgan fingerprint density at radius 1 is 0.800 bits per heavy atom. The first kappa shape index (κ1) is 33.7. The predicted molar refractivity (Wildman–Crippen MR) is 143 cm³/mol. The van der Waals surface area contributed by atoms with Crippen LogP contribution in [0.3, 0.4) is 0 Å². The number of nitrogens with zero attached hydrogens (tertiary/aromatic N) is 2. The quantitative estimate of drug-likeness (QED) is 0.131. The van der Waals surface area contributed by atoms with E-state index in [2.05, 4.69) is 36.1 Å². The minimum Gasteiger partial charge on any atom is -0.481 e. The van der Waals surface area contributed by atoms with Crippen LogP contribution in [0, 0.1) is 0 Å². The molecule has 1 saturated heterocycles. The second-order valence-corrected chi connectivity index (χ2v) is 10.6. The van der Waals surface area contributed by atoms with Gasteiger partial charge < -0.3 is 10.2 Å². The van der Waals surface area contributed by atoms with Crippen molar-refractivity contribution in [3.05, 3.63) is 24.3 Å². The molecule has 1 heterocycles. The summed E-state index contributed by atoms with van der Waals surface area (Å²) in [4.78, 5) is 14.4. The Bertz CT molecular complexity index is 659. The second-order valence-electron chi connectivity index (χ2n) is 9.07. The lowest BCUT2D eigenvalue weighted by atomic mass is 10.1. The fourth-order valence-corrected chi connectivity index (χ4v) is 4.20. The van der Waals surface area contributed by atoms with E-state index in [1.165, 1.54) is 44.9 Å². The van der Waals surface area contributed by atoms with Gasteiger partial charge in [0.25, 0.3) is 10.1 Å². The van der Waals surface area contributed by atoms with Crippen LogP contribution in [0.25, 0.3) is 0 Å². The molecule has 206 valence electrons. The standard InChI is InChI=1S/C18H32O2.C8H18N2O4S/c1-2-3-4-5-6-7-8-9-10-11-12-13-14-15-16-17-18(19)20;11-7-5-9-1-3-10(4-2-9)6-8-15(12,13)14/h6-7,9-10H,2-5,8,11-17H2,1H3,(H,19,20);11H,1-8H2,(H,12,13,14)/b7-6-,10-9-;. The van der Waals surface area contributed by atoms with Crippen molar-refractivity contribution in [2.45, 2.75) is 84.0 Å². The maximum Gasteiger partial charge on any atom is 0.303 e. The van der Waals surface area contributed by atoms with E-state index >= 15 is 0 Å². The van der Waals surface area contributed by atoms with Crippen molar-refractivity contribution in [2.75, 3.05) is 51.6 Å². The van der Waals surface area contributed by atoms with Gasteiger partial charge >= 0.3 is 5.97 Å². The number of aliphatic hydroxyl groups excluding tert-OH is 1. The number of β-amino-alcohol motifs (C(OH)–C–C–N with tert-alkyl or cyclic N) is 1. The van der Waals surface area contributed by atoms with Gasteiger partial charge in [0.1, 0.15) is 0 Å². The van der Waals surface area contributed by atoms with Crippen molar-refractivity contribution >= 4 is 16.1 Å². The Hall–Kier alpha value is -1.26. The molecule has 1 aliphatic rings. The molecular weight excluding hydrogens is 468 g/mol. The van der Waals surface area contributed by atoms with Gasteiger partial charge in [-0.3, -0.25) is 19.1 Å². The summed E-state index contributed by atoms with van der Waals surface area (Å²) in [5, 5.41) is 17.2. The molecule has 0 aliphatic carbocycles. The molecule has 0 unspecified atom stereocenters. The van der Waals surface area contributed by atoms with Crippen LogP contribution in [-0.2, 0) is 14.9 Å². The molecule has 0 aromatic heterocycles. The smallest absolute Gasteiger partial charge is 0.303 e. The van der Waals surface area contributed by atoms with E-state index in [4.69, 9.17) is 14.8 Å². The summed E-state index contributed by atoms with van der Waals surface area (Å²) in [6.07, 6.45) is 22.3. The number of allylic oxidation sites excluding steroid dienone is 4. The number of piperazine rings is 1. The molecule has 0 aromatic carbocycles. The first-order chi connectivity index (χ1) is 16.8. The fourth-order valence-electron chi connectivity index (χ4n) is 3.71.